The van der Waals surface area contributed by atoms with Crippen LogP contribution >= 0.6 is 22.7 Å². The molecule has 0 atom stereocenters. The average molecular weight is 419 g/mol. The fourth-order valence-corrected chi connectivity index (χ4v) is 5.62. The van der Waals surface area contributed by atoms with Gasteiger partial charge in [0.05, 0.1) is 16.8 Å². The van der Waals surface area contributed by atoms with Crippen LogP contribution in [0.1, 0.15) is 17.7 Å². The van der Waals surface area contributed by atoms with E-state index in [0.29, 0.717) is 23.1 Å². The number of thiophene rings is 1. The van der Waals surface area contributed by atoms with Gasteiger partial charge < -0.3 is 0 Å². The molecule has 6 nitrogen and oxygen atoms in total. The third-order valence-electron chi connectivity index (χ3n) is 4.25. The molecule has 2 aromatic heterocycles. The SMILES string of the molecule is O=S(=O)(c1ccc(-c2csc(N/N=C/c3cccs3)n2)cc1)N1CCCC1. The van der Waals surface area contributed by atoms with E-state index in [-0.39, 0.29) is 0 Å². The van der Waals surface area contributed by atoms with Crippen LogP contribution in [-0.4, -0.2) is 37.0 Å². The molecule has 0 amide bonds. The number of thiazole rings is 1. The Kier molecular flexibility index (Phi) is 5.35. The molecular weight excluding hydrogens is 400 g/mol. The molecule has 1 saturated heterocycles. The molecule has 0 radical (unpaired) electrons. The van der Waals surface area contributed by atoms with E-state index in [4.69, 9.17) is 0 Å². The number of rotatable bonds is 6. The number of aromatic nitrogens is 1. The summed E-state index contributed by atoms with van der Waals surface area (Å²) < 4.78 is 26.7. The van der Waals surface area contributed by atoms with Crippen LogP contribution < -0.4 is 5.43 Å². The first-order chi connectivity index (χ1) is 13.1. The molecule has 27 heavy (non-hydrogen) atoms. The van der Waals surface area contributed by atoms with Gasteiger partial charge in [0.25, 0.3) is 0 Å². The first kappa shape index (κ1) is 18.3. The van der Waals surface area contributed by atoms with E-state index in [2.05, 4.69) is 15.5 Å². The largest absolute Gasteiger partial charge is 0.253 e. The predicted octanol–water partition coefficient (Wildman–Crippen LogP) is 4.10. The summed E-state index contributed by atoms with van der Waals surface area (Å²) in [5, 5.41) is 8.79. The van der Waals surface area contributed by atoms with Crippen molar-refractivity contribution in [2.24, 2.45) is 5.10 Å². The lowest BCUT2D eigenvalue weighted by molar-refractivity contribution is 0.477. The summed E-state index contributed by atoms with van der Waals surface area (Å²) in [5.74, 6) is 0. The second kappa shape index (κ2) is 7.89. The van der Waals surface area contributed by atoms with Crippen LogP contribution in [0.4, 0.5) is 5.13 Å². The summed E-state index contributed by atoms with van der Waals surface area (Å²) >= 11 is 3.07. The van der Waals surface area contributed by atoms with Gasteiger partial charge in [-0.25, -0.2) is 13.4 Å². The molecule has 0 aliphatic carbocycles. The summed E-state index contributed by atoms with van der Waals surface area (Å²) in [4.78, 5) is 5.91. The van der Waals surface area contributed by atoms with Crippen LogP contribution in [0.25, 0.3) is 11.3 Å². The van der Waals surface area contributed by atoms with E-state index >= 15 is 0 Å². The Morgan fingerprint density at radius 3 is 2.59 bits per heavy atom. The molecule has 0 spiro atoms. The second-order valence-corrected chi connectivity index (χ2v) is 9.83. The Morgan fingerprint density at radius 1 is 1.11 bits per heavy atom. The van der Waals surface area contributed by atoms with Crippen LogP contribution in [0.5, 0.6) is 0 Å². The van der Waals surface area contributed by atoms with E-state index in [1.165, 1.54) is 11.3 Å². The lowest BCUT2D eigenvalue weighted by atomic mass is 10.2. The zero-order chi connectivity index (χ0) is 18.7. The fourth-order valence-electron chi connectivity index (χ4n) is 2.85. The van der Waals surface area contributed by atoms with Gasteiger partial charge in [-0.15, -0.1) is 22.7 Å². The van der Waals surface area contributed by atoms with Crippen molar-refractivity contribution in [2.45, 2.75) is 17.7 Å². The highest BCUT2D eigenvalue weighted by molar-refractivity contribution is 7.89. The van der Waals surface area contributed by atoms with Gasteiger partial charge in [0, 0.05) is 28.9 Å². The quantitative estimate of drug-likeness (QED) is 0.483. The molecule has 3 aromatic rings. The molecule has 140 valence electrons. The highest BCUT2D eigenvalue weighted by atomic mass is 32.2. The van der Waals surface area contributed by atoms with Gasteiger partial charge in [0.1, 0.15) is 0 Å². The van der Waals surface area contributed by atoms with Gasteiger partial charge in [0.2, 0.25) is 15.2 Å². The van der Waals surface area contributed by atoms with E-state index in [1.807, 2.05) is 22.9 Å². The molecule has 1 N–H and O–H groups in total. The minimum atomic E-state index is -3.38. The molecule has 3 heterocycles. The maximum atomic E-state index is 12.6. The minimum absolute atomic E-state index is 0.335. The molecule has 0 unspecified atom stereocenters. The van der Waals surface area contributed by atoms with Crippen molar-refractivity contribution in [3.05, 3.63) is 52.0 Å². The predicted molar refractivity (Wildman–Crippen MR) is 111 cm³/mol. The number of hydrogen-bond acceptors (Lipinski definition) is 7. The lowest BCUT2D eigenvalue weighted by Crippen LogP contribution is -2.27. The monoisotopic (exact) mass is 418 g/mol. The molecule has 4 rings (SSSR count). The Balaban J connectivity index is 1.45. The Labute approximate surface area is 166 Å². The molecule has 1 fully saturated rings. The molecule has 1 aliphatic rings. The van der Waals surface area contributed by atoms with E-state index in [9.17, 15) is 8.42 Å². The third kappa shape index (κ3) is 4.11. The normalized spacial score (nSPS) is 15.6. The maximum absolute atomic E-state index is 12.6. The molecule has 9 heteroatoms. The average Bonchev–Trinajstić information content (AvgIpc) is 3.44. The van der Waals surface area contributed by atoms with Crippen molar-refractivity contribution in [3.8, 4) is 11.3 Å². The van der Waals surface area contributed by atoms with E-state index < -0.39 is 10.0 Å². The number of hydrazone groups is 1. The zero-order valence-corrected chi connectivity index (χ0v) is 16.9. The van der Waals surface area contributed by atoms with Crippen molar-refractivity contribution >= 4 is 44.0 Å². The van der Waals surface area contributed by atoms with Gasteiger partial charge in [-0.1, -0.05) is 18.2 Å². The summed E-state index contributed by atoms with van der Waals surface area (Å²) in [6, 6.07) is 10.9. The number of hydrogen-bond donors (Lipinski definition) is 1. The van der Waals surface area contributed by atoms with Gasteiger partial charge >= 0.3 is 0 Å². The topological polar surface area (TPSA) is 74.7 Å². The third-order valence-corrected chi connectivity index (χ3v) is 7.72. The van der Waals surface area contributed by atoms with Gasteiger partial charge in [0.15, 0.2) is 0 Å². The first-order valence-electron chi connectivity index (χ1n) is 8.52. The van der Waals surface area contributed by atoms with E-state index in [0.717, 1.165) is 29.0 Å². The van der Waals surface area contributed by atoms with Crippen LogP contribution in [0.2, 0.25) is 0 Å². The number of nitrogens with one attached hydrogen (secondary N) is 1. The summed E-state index contributed by atoms with van der Waals surface area (Å²) in [6.07, 6.45) is 3.62. The van der Waals surface area contributed by atoms with Crippen LogP contribution in [0.3, 0.4) is 0 Å². The maximum Gasteiger partial charge on any atom is 0.243 e. The molecular formula is C18H18N4O2S3. The second-order valence-electron chi connectivity index (χ2n) is 6.06. The van der Waals surface area contributed by atoms with Gasteiger partial charge in [-0.05, 0) is 36.4 Å². The summed E-state index contributed by atoms with van der Waals surface area (Å²) in [5.41, 5.74) is 4.59. The first-order valence-corrected chi connectivity index (χ1v) is 11.7. The Hall–Kier alpha value is -2.07. The van der Waals surface area contributed by atoms with Crippen molar-refractivity contribution in [1.29, 1.82) is 0 Å². The summed E-state index contributed by atoms with van der Waals surface area (Å²) in [6.45, 7) is 1.22. The van der Waals surface area contributed by atoms with Crippen LogP contribution in [0.15, 0.2) is 57.2 Å². The Morgan fingerprint density at radius 2 is 1.89 bits per heavy atom. The lowest BCUT2D eigenvalue weighted by Gasteiger charge is -2.15. The smallest absolute Gasteiger partial charge is 0.243 e. The molecule has 0 saturated carbocycles. The highest BCUT2D eigenvalue weighted by Crippen LogP contribution is 2.27. The van der Waals surface area contributed by atoms with Crippen LogP contribution in [0, 0.1) is 0 Å². The Bertz CT molecular complexity index is 1020. The molecule has 1 aromatic carbocycles. The number of benzene rings is 1. The zero-order valence-electron chi connectivity index (χ0n) is 14.4. The van der Waals surface area contributed by atoms with Crippen molar-refractivity contribution < 1.29 is 8.42 Å². The highest BCUT2D eigenvalue weighted by Gasteiger charge is 2.26. The number of sulfonamides is 1. The van der Waals surface area contributed by atoms with Gasteiger partial charge in [-0.3, -0.25) is 5.43 Å². The van der Waals surface area contributed by atoms with Crippen molar-refractivity contribution in [1.82, 2.24) is 9.29 Å². The fraction of sp³-hybridized carbons (Fsp3) is 0.222. The summed E-state index contributed by atoms with van der Waals surface area (Å²) in [7, 11) is -3.38. The van der Waals surface area contributed by atoms with Crippen LogP contribution in [-0.2, 0) is 10.0 Å². The number of anilines is 1. The van der Waals surface area contributed by atoms with E-state index in [1.54, 1.807) is 46.1 Å². The molecule has 1 aliphatic heterocycles. The number of nitrogens with zero attached hydrogens (tertiary/aromatic N) is 3. The van der Waals surface area contributed by atoms with Crippen molar-refractivity contribution in [3.63, 3.8) is 0 Å². The van der Waals surface area contributed by atoms with Gasteiger partial charge in [-0.2, -0.15) is 9.41 Å². The minimum Gasteiger partial charge on any atom is -0.253 e. The standard InChI is InChI=1S/C18H18N4O2S3/c23-27(24,22-9-1-2-10-22)16-7-5-14(6-8-16)17-13-26-18(20-17)21-19-12-15-4-3-11-25-15/h3-8,11-13H,1-2,9-10H2,(H,20,21)/b19-12+. The van der Waals surface area contributed by atoms with Crippen molar-refractivity contribution in [2.75, 3.05) is 18.5 Å². The molecule has 0 bridgehead atoms.